The highest BCUT2D eigenvalue weighted by Gasteiger charge is 2.28. The lowest BCUT2D eigenvalue weighted by molar-refractivity contribution is 0.328. The second-order valence-electron chi connectivity index (χ2n) is 13.4. The Kier molecular flexibility index (Phi) is 9.70. The lowest BCUT2D eigenvalue weighted by Gasteiger charge is -2.44. The number of benzene rings is 1. The van der Waals surface area contributed by atoms with E-state index in [4.69, 9.17) is 10.1 Å². The van der Waals surface area contributed by atoms with Gasteiger partial charge in [0, 0.05) is 74.3 Å². The molecule has 1 aliphatic heterocycles. The minimum absolute atomic E-state index is 0.141. The predicted octanol–water partition coefficient (Wildman–Crippen LogP) is 7.67. The van der Waals surface area contributed by atoms with Crippen molar-refractivity contribution >= 4 is 21.7 Å². The number of aromatic nitrogens is 4. The number of nitrogens with zero attached hydrogens (tertiary/aromatic N) is 6. The van der Waals surface area contributed by atoms with Crippen molar-refractivity contribution in [1.29, 1.82) is 0 Å². The van der Waals surface area contributed by atoms with Crippen LogP contribution in [-0.2, 0) is 12.8 Å². The van der Waals surface area contributed by atoms with E-state index in [1.807, 2.05) is 18.2 Å². The maximum absolute atomic E-state index is 15.5. The van der Waals surface area contributed by atoms with Gasteiger partial charge in [-0.15, -0.1) is 0 Å². The van der Waals surface area contributed by atoms with Crippen LogP contribution in [0.4, 0.5) is 10.3 Å². The third-order valence-electron chi connectivity index (χ3n) is 9.51. The summed E-state index contributed by atoms with van der Waals surface area (Å²) in [4.78, 5) is 16.4. The van der Waals surface area contributed by atoms with Gasteiger partial charge in [0.1, 0.15) is 5.82 Å². The van der Waals surface area contributed by atoms with Gasteiger partial charge in [-0.25, -0.2) is 24.4 Å². The number of rotatable bonds is 9. The molecule has 1 saturated heterocycles. The first-order valence-corrected chi connectivity index (χ1v) is 18.3. The normalized spacial score (nSPS) is 17.5. The molecule has 0 N–H and O–H groups in total. The largest absolute Gasteiger partial charge is 0.340 e. The van der Waals surface area contributed by atoms with E-state index in [-0.39, 0.29) is 10.6 Å². The first-order chi connectivity index (χ1) is 20.1. The van der Waals surface area contributed by atoms with Crippen molar-refractivity contribution in [2.45, 2.75) is 89.3 Å². The molecule has 1 aromatic carbocycles. The molecular weight excluding hydrogens is 543 g/mol. The summed E-state index contributed by atoms with van der Waals surface area (Å²) in [7, 11) is -0.843. The molecule has 2 fully saturated rings. The van der Waals surface area contributed by atoms with Crippen molar-refractivity contribution in [1.82, 2.24) is 19.7 Å². The average molecular weight is 593 g/mol. The monoisotopic (exact) mass is 592 g/mol. The summed E-state index contributed by atoms with van der Waals surface area (Å²) >= 11 is 0. The fourth-order valence-electron chi connectivity index (χ4n) is 5.80. The maximum atomic E-state index is 15.5. The molecule has 0 unspecified atom stereocenters. The van der Waals surface area contributed by atoms with Crippen LogP contribution in [0.5, 0.6) is 0 Å². The van der Waals surface area contributed by atoms with Gasteiger partial charge in [-0.05, 0) is 53.9 Å². The lowest BCUT2D eigenvalue weighted by Crippen LogP contribution is -2.35. The van der Waals surface area contributed by atoms with Crippen LogP contribution in [0.1, 0.15) is 83.0 Å². The molecule has 3 heterocycles. The van der Waals surface area contributed by atoms with Crippen LogP contribution in [0.2, 0.25) is 0 Å². The van der Waals surface area contributed by atoms with Crippen molar-refractivity contribution in [3.8, 4) is 11.1 Å². The zero-order valence-electron chi connectivity index (χ0n) is 26.3. The van der Waals surface area contributed by atoms with Crippen LogP contribution in [0.15, 0.2) is 47.8 Å². The van der Waals surface area contributed by atoms with Crippen LogP contribution in [-0.4, -0.2) is 68.1 Å². The summed E-state index contributed by atoms with van der Waals surface area (Å²) in [6.45, 7) is 9.37. The van der Waals surface area contributed by atoms with Crippen molar-refractivity contribution in [2.24, 2.45) is 4.99 Å². The molecule has 228 valence electrons. The number of anilines is 1. The van der Waals surface area contributed by atoms with Gasteiger partial charge in [0.25, 0.3) is 0 Å². The highest BCUT2D eigenvalue weighted by Crippen LogP contribution is 2.53. The van der Waals surface area contributed by atoms with Crippen LogP contribution in [0, 0.1) is 5.82 Å². The highest BCUT2D eigenvalue weighted by atomic mass is 32.3. The van der Waals surface area contributed by atoms with E-state index in [0.29, 0.717) is 17.6 Å². The second kappa shape index (κ2) is 13.3. The Morgan fingerprint density at radius 1 is 0.976 bits per heavy atom. The number of aryl methyl sites for hydroxylation is 1. The van der Waals surface area contributed by atoms with E-state index in [0.717, 1.165) is 67.9 Å². The topological polar surface area (TPSA) is 59.2 Å². The van der Waals surface area contributed by atoms with Crippen LogP contribution >= 0.6 is 10.0 Å². The summed E-state index contributed by atoms with van der Waals surface area (Å²) in [6.07, 6.45) is 20.4. The molecule has 0 spiro atoms. The Hall–Kier alpha value is -2.74. The summed E-state index contributed by atoms with van der Waals surface area (Å²) in [6, 6.07) is 8.46. The Morgan fingerprint density at radius 2 is 1.69 bits per heavy atom. The molecule has 2 aromatic heterocycles. The summed E-state index contributed by atoms with van der Waals surface area (Å²) in [5.41, 5.74) is 4.50. The second-order valence-corrected chi connectivity index (χ2v) is 18.1. The van der Waals surface area contributed by atoms with E-state index >= 15 is 4.39 Å². The molecule has 2 aliphatic rings. The first kappa shape index (κ1) is 30.7. The number of halogens is 1. The van der Waals surface area contributed by atoms with E-state index in [1.54, 1.807) is 12.4 Å². The van der Waals surface area contributed by atoms with Gasteiger partial charge in [0.2, 0.25) is 5.95 Å². The minimum atomic E-state index is -0.843. The number of piperidine rings is 1. The standard InChI is InChI=1S/C34H49FN6S/c1-34(2,3)42(4,5)23-18-26-10-9-13-31(32(26)35)27-24-37-33(38-25-27)40-20-15-28(16-21-40)36-19-14-29-17-22-41(39-29)30-11-7-6-8-12-30/h9-10,13,17,22,24-25,30H,6-8,11-12,14-16,18-21,23H2,1-5H3. The molecule has 0 atom stereocenters. The Balaban J connectivity index is 1.12. The summed E-state index contributed by atoms with van der Waals surface area (Å²) in [5, 5.41) is 4.83. The fraction of sp³-hybridized carbons (Fsp3) is 0.588. The van der Waals surface area contributed by atoms with E-state index in [2.05, 4.69) is 65.1 Å². The first-order valence-electron chi connectivity index (χ1n) is 15.7. The summed E-state index contributed by atoms with van der Waals surface area (Å²) in [5.74, 6) is 1.58. The highest BCUT2D eigenvalue weighted by molar-refractivity contribution is 8.33. The van der Waals surface area contributed by atoms with E-state index < -0.39 is 10.0 Å². The molecule has 6 nitrogen and oxygen atoms in total. The minimum Gasteiger partial charge on any atom is -0.340 e. The smallest absolute Gasteiger partial charge is 0.225 e. The SMILES string of the molecule is CC(C)(C)S(C)(C)CCc1cccc(-c2cnc(N3CCC(=NCCc4ccn(C5CCCCC5)n4)CC3)nc2)c1F. The van der Waals surface area contributed by atoms with Crippen LogP contribution < -0.4 is 4.90 Å². The molecule has 5 rings (SSSR count). The van der Waals surface area contributed by atoms with Crippen molar-refractivity contribution in [2.75, 3.05) is 42.8 Å². The fourth-order valence-corrected chi connectivity index (χ4v) is 7.14. The molecule has 1 saturated carbocycles. The molecule has 3 aromatic rings. The van der Waals surface area contributed by atoms with Gasteiger partial charge in [-0.3, -0.25) is 9.67 Å². The van der Waals surface area contributed by atoms with Gasteiger partial charge in [-0.2, -0.15) is 5.10 Å². The van der Waals surface area contributed by atoms with E-state index in [9.17, 15) is 0 Å². The van der Waals surface area contributed by atoms with Gasteiger partial charge in [0.15, 0.2) is 0 Å². The van der Waals surface area contributed by atoms with Crippen molar-refractivity contribution < 1.29 is 4.39 Å². The molecular formula is C34H49FN6S. The Labute approximate surface area is 253 Å². The van der Waals surface area contributed by atoms with Crippen molar-refractivity contribution in [3.63, 3.8) is 0 Å². The number of hydrogen-bond donors (Lipinski definition) is 0. The van der Waals surface area contributed by atoms with Gasteiger partial charge >= 0.3 is 0 Å². The molecule has 0 amide bonds. The number of hydrogen-bond acceptors (Lipinski definition) is 5. The van der Waals surface area contributed by atoms with Crippen LogP contribution in [0.25, 0.3) is 11.1 Å². The van der Waals surface area contributed by atoms with E-state index in [1.165, 1.54) is 37.8 Å². The maximum Gasteiger partial charge on any atom is 0.225 e. The molecule has 42 heavy (non-hydrogen) atoms. The third kappa shape index (κ3) is 7.42. The van der Waals surface area contributed by atoms with Gasteiger partial charge in [-0.1, -0.05) is 58.2 Å². The number of aliphatic imine (C=N–C) groups is 1. The predicted molar refractivity (Wildman–Crippen MR) is 177 cm³/mol. The van der Waals surface area contributed by atoms with Crippen molar-refractivity contribution in [3.05, 3.63) is 59.9 Å². The zero-order chi connectivity index (χ0) is 29.7. The van der Waals surface area contributed by atoms with Crippen LogP contribution in [0.3, 0.4) is 0 Å². The molecule has 1 aliphatic carbocycles. The Bertz CT molecular complexity index is 1340. The summed E-state index contributed by atoms with van der Waals surface area (Å²) < 4.78 is 18.0. The molecule has 8 heteroatoms. The lowest BCUT2D eigenvalue weighted by atomic mass is 9.96. The van der Waals surface area contributed by atoms with Gasteiger partial charge < -0.3 is 4.90 Å². The molecule has 0 radical (unpaired) electrons. The average Bonchev–Trinajstić information content (AvgIpc) is 3.46. The zero-order valence-corrected chi connectivity index (χ0v) is 27.1. The van der Waals surface area contributed by atoms with Gasteiger partial charge in [0.05, 0.1) is 11.7 Å². The molecule has 0 bridgehead atoms. The third-order valence-corrected chi connectivity index (χ3v) is 14.0. The quantitative estimate of drug-likeness (QED) is 0.256. The Morgan fingerprint density at radius 3 is 2.38 bits per heavy atom.